The summed E-state index contributed by atoms with van der Waals surface area (Å²) in [6.45, 7) is 1.71. The van der Waals surface area contributed by atoms with Crippen molar-refractivity contribution >= 4 is 29.1 Å². The van der Waals surface area contributed by atoms with E-state index in [1.807, 2.05) is 29.6 Å². The molecule has 0 radical (unpaired) electrons. The van der Waals surface area contributed by atoms with E-state index in [4.69, 9.17) is 0 Å². The van der Waals surface area contributed by atoms with Gasteiger partial charge in [-0.3, -0.25) is 14.9 Å². The van der Waals surface area contributed by atoms with Gasteiger partial charge in [0.25, 0.3) is 5.69 Å². The van der Waals surface area contributed by atoms with Gasteiger partial charge in [-0.05, 0) is 19.1 Å². The Kier molecular flexibility index (Phi) is 4.35. The number of nitro groups is 1. The molecule has 0 fully saturated rings. The number of hydrogen-bond donors (Lipinski definition) is 1. The maximum absolute atomic E-state index is 11.1. The molecule has 0 aliphatic carbocycles. The number of aromatic nitrogens is 1. The van der Waals surface area contributed by atoms with Crippen molar-refractivity contribution in [1.29, 1.82) is 0 Å². The Hall–Kier alpha value is -3.06. The normalized spacial score (nSPS) is 10.4. The minimum atomic E-state index is -0.388. The van der Waals surface area contributed by atoms with Crippen LogP contribution in [0.4, 0.5) is 11.4 Å². The van der Waals surface area contributed by atoms with Crippen LogP contribution in [-0.4, -0.2) is 16.3 Å². The van der Waals surface area contributed by atoms with Crippen LogP contribution in [0.15, 0.2) is 47.8 Å². The molecule has 6 nitrogen and oxygen atoms in total. The van der Waals surface area contributed by atoms with Crippen molar-refractivity contribution in [1.82, 2.24) is 4.98 Å². The van der Waals surface area contributed by atoms with Gasteiger partial charge in [0, 0.05) is 33.8 Å². The number of hydrogen-bond acceptors (Lipinski definition) is 5. The summed E-state index contributed by atoms with van der Waals surface area (Å²) in [5, 5.41) is 16.3. The van der Waals surface area contributed by atoms with Gasteiger partial charge in [-0.1, -0.05) is 24.3 Å². The average Bonchev–Trinajstić information content (AvgIpc) is 3.06. The number of carbonyl (C=O) groups is 1. The van der Waals surface area contributed by atoms with E-state index < -0.39 is 0 Å². The fraction of sp³-hybridized carbons (Fsp3) is 0.0588. The molecule has 0 saturated heterocycles. The standard InChI is InChI=1S/C17H13N3O3S/c1-11-5-6-12(8-16(11)20(22)23)15-9-24-17(19-15)13-3-2-4-14(7-13)18-10-21/h2-10H,1H3,(H,18,21). The van der Waals surface area contributed by atoms with E-state index in [-0.39, 0.29) is 10.6 Å². The minimum Gasteiger partial charge on any atom is -0.329 e. The van der Waals surface area contributed by atoms with Gasteiger partial charge in [-0.25, -0.2) is 4.98 Å². The van der Waals surface area contributed by atoms with E-state index in [1.165, 1.54) is 11.3 Å². The van der Waals surface area contributed by atoms with E-state index >= 15 is 0 Å². The Morgan fingerprint density at radius 3 is 2.79 bits per heavy atom. The summed E-state index contributed by atoms with van der Waals surface area (Å²) in [5.41, 5.74) is 3.65. The van der Waals surface area contributed by atoms with Gasteiger partial charge in [-0.2, -0.15) is 0 Å². The Balaban J connectivity index is 1.96. The van der Waals surface area contributed by atoms with Gasteiger partial charge in [0.2, 0.25) is 6.41 Å². The molecule has 0 bridgehead atoms. The van der Waals surface area contributed by atoms with E-state index in [9.17, 15) is 14.9 Å². The number of nitrogens with zero attached hydrogens (tertiary/aromatic N) is 2. The maximum Gasteiger partial charge on any atom is 0.272 e. The van der Waals surface area contributed by atoms with Gasteiger partial charge < -0.3 is 5.32 Å². The highest BCUT2D eigenvalue weighted by Crippen LogP contribution is 2.32. The van der Waals surface area contributed by atoms with Gasteiger partial charge in [0.05, 0.1) is 10.6 Å². The SMILES string of the molecule is Cc1ccc(-c2csc(-c3cccc(NC=O)c3)n2)cc1[N+](=O)[O-]. The lowest BCUT2D eigenvalue weighted by atomic mass is 10.1. The number of aryl methyl sites for hydroxylation is 1. The minimum absolute atomic E-state index is 0.0826. The van der Waals surface area contributed by atoms with E-state index in [0.29, 0.717) is 28.9 Å². The van der Waals surface area contributed by atoms with Crippen LogP contribution in [0.2, 0.25) is 0 Å². The molecule has 1 N–H and O–H groups in total. The largest absolute Gasteiger partial charge is 0.329 e. The Morgan fingerprint density at radius 2 is 2.04 bits per heavy atom. The van der Waals surface area contributed by atoms with Crippen LogP contribution in [0.1, 0.15) is 5.56 Å². The third-order valence-electron chi connectivity index (χ3n) is 3.54. The van der Waals surface area contributed by atoms with Gasteiger partial charge in [0.1, 0.15) is 5.01 Å². The highest BCUT2D eigenvalue weighted by Gasteiger charge is 2.14. The molecule has 0 atom stereocenters. The van der Waals surface area contributed by atoms with Crippen molar-refractivity contribution in [3.8, 4) is 21.8 Å². The molecular formula is C17H13N3O3S. The summed E-state index contributed by atoms with van der Waals surface area (Å²) in [4.78, 5) is 25.8. The number of anilines is 1. The molecule has 0 aliphatic rings. The Morgan fingerprint density at radius 1 is 1.21 bits per heavy atom. The topological polar surface area (TPSA) is 85.1 Å². The highest BCUT2D eigenvalue weighted by atomic mass is 32.1. The molecule has 0 spiro atoms. The van der Waals surface area contributed by atoms with Crippen LogP contribution < -0.4 is 5.32 Å². The zero-order chi connectivity index (χ0) is 17.1. The lowest BCUT2D eigenvalue weighted by Crippen LogP contribution is -1.93. The van der Waals surface area contributed by atoms with Crippen LogP contribution in [-0.2, 0) is 4.79 Å². The molecule has 1 amide bonds. The summed E-state index contributed by atoms with van der Waals surface area (Å²) >= 11 is 1.45. The lowest BCUT2D eigenvalue weighted by molar-refractivity contribution is -0.385. The van der Waals surface area contributed by atoms with Crippen LogP contribution in [0.25, 0.3) is 21.8 Å². The molecular weight excluding hydrogens is 326 g/mol. The molecule has 1 heterocycles. The third kappa shape index (κ3) is 3.16. The number of nitrogens with one attached hydrogen (secondary N) is 1. The quantitative estimate of drug-likeness (QED) is 0.427. The van der Waals surface area contributed by atoms with Crippen molar-refractivity contribution in [2.24, 2.45) is 0 Å². The van der Waals surface area contributed by atoms with Crippen LogP contribution in [0, 0.1) is 17.0 Å². The lowest BCUT2D eigenvalue weighted by Gasteiger charge is -2.02. The second-order valence-electron chi connectivity index (χ2n) is 5.14. The molecule has 7 heteroatoms. The van der Waals surface area contributed by atoms with Crippen LogP contribution >= 0.6 is 11.3 Å². The van der Waals surface area contributed by atoms with Crippen molar-refractivity contribution in [2.75, 3.05) is 5.32 Å². The molecule has 2 aromatic carbocycles. The predicted octanol–water partition coefficient (Wildman–Crippen LogP) is 4.26. The Labute approximate surface area is 141 Å². The summed E-state index contributed by atoms with van der Waals surface area (Å²) in [6, 6.07) is 12.4. The Bertz CT molecular complexity index is 921. The summed E-state index contributed by atoms with van der Waals surface area (Å²) < 4.78 is 0. The first-order chi connectivity index (χ1) is 11.6. The fourth-order valence-corrected chi connectivity index (χ4v) is 3.14. The van der Waals surface area contributed by atoms with Gasteiger partial charge in [-0.15, -0.1) is 11.3 Å². The number of amides is 1. The monoisotopic (exact) mass is 339 g/mol. The first-order valence-electron chi connectivity index (χ1n) is 7.10. The molecule has 1 aromatic heterocycles. The molecule has 24 heavy (non-hydrogen) atoms. The average molecular weight is 339 g/mol. The maximum atomic E-state index is 11.1. The van der Waals surface area contributed by atoms with Crippen molar-refractivity contribution < 1.29 is 9.72 Å². The highest BCUT2D eigenvalue weighted by molar-refractivity contribution is 7.13. The van der Waals surface area contributed by atoms with E-state index in [1.54, 1.807) is 25.1 Å². The molecule has 3 aromatic rings. The number of thiazole rings is 1. The molecule has 0 saturated carbocycles. The summed E-state index contributed by atoms with van der Waals surface area (Å²) in [6.07, 6.45) is 0.623. The van der Waals surface area contributed by atoms with E-state index in [2.05, 4.69) is 10.3 Å². The zero-order valence-electron chi connectivity index (χ0n) is 12.7. The second kappa shape index (κ2) is 6.59. The number of carbonyl (C=O) groups excluding carboxylic acids is 1. The first kappa shape index (κ1) is 15.8. The zero-order valence-corrected chi connectivity index (χ0v) is 13.5. The number of benzene rings is 2. The number of rotatable bonds is 5. The van der Waals surface area contributed by atoms with Crippen molar-refractivity contribution in [3.63, 3.8) is 0 Å². The smallest absolute Gasteiger partial charge is 0.272 e. The van der Waals surface area contributed by atoms with Gasteiger partial charge in [0.15, 0.2) is 0 Å². The molecule has 0 aliphatic heterocycles. The van der Waals surface area contributed by atoms with Gasteiger partial charge >= 0.3 is 0 Å². The van der Waals surface area contributed by atoms with Crippen LogP contribution in [0.3, 0.4) is 0 Å². The molecule has 120 valence electrons. The van der Waals surface area contributed by atoms with Crippen molar-refractivity contribution in [3.05, 3.63) is 63.5 Å². The second-order valence-corrected chi connectivity index (χ2v) is 6.00. The summed E-state index contributed by atoms with van der Waals surface area (Å²) in [7, 11) is 0. The summed E-state index contributed by atoms with van der Waals surface area (Å²) in [5.74, 6) is 0. The third-order valence-corrected chi connectivity index (χ3v) is 4.43. The number of nitro benzene ring substituents is 1. The first-order valence-corrected chi connectivity index (χ1v) is 7.98. The predicted molar refractivity (Wildman–Crippen MR) is 94.1 cm³/mol. The molecule has 0 unspecified atom stereocenters. The van der Waals surface area contributed by atoms with Crippen LogP contribution in [0.5, 0.6) is 0 Å². The van der Waals surface area contributed by atoms with Crippen molar-refractivity contribution in [2.45, 2.75) is 6.92 Å². The van der Waals surface area contributed by atoms with E-state index in [0.717, 1.165) is 10.6 Å². The fourth-order valence-electron chi connectivity index (χ4n) is 2.31. The molecule has 3 rings (SSSR count).